The van der Waals surface area contributed by atoms with Gasteiger partial charge in [-0.3, -0.25) is 0 Å². The van der Waals surface area contributed by atoms with Gasteiger partial charge in [-0.2, -0.15) is 0 Å². The molecular formula is C24H32O3S. The van der Waals surface area contributed by atoms with Crippen molar-refractivity contribution < 1.29 is 14.6 Å². The SMILES string of the molecule is CCc1ccc(C2CC(O)CC(SC)O2)cc1Cc1ccc(OC)c(CC)c1. The number of aryl methyl sites for hydroxylation is 2. The van der Waals surface area contributed by atoms with E-state index in [4.69, 9.17) is 9.47 Å². The van der Waals surface area contributed by atoms with Crippen LogP contribution in [0.1, 0.15) is 60.6 Å². The molecule has 0 aliphatic carbocycles. The van der Waals surface area contributed by atoms with Gasteiger partial charge in [0.25, 0.3) is 0 Å². The Labute approximate surface area is 173 Å². The smallest absolute Gasteiger partial charge is 0.122 e. The van der Waals surface area contributed by atoms with Gasteiger partial charge in [0.05, 0.1) is 19.3 Å². The molecule has 3 nitrogen and oxygen atoms in total. The number of rotatable bonds is 7. The molecule has 1 aliphatic heterocycles. The topological polar surface area (TPSA) is 38.7 Å². The number of aliphatic hydroxyl groups is 1. The molecule has 0 spiro atoms. The maximum absolute atomic E-state index is 10.2. The largest absolute Gasteiger partial charge is 0.496 e. The molecule has 0 saturated carbocycles. The molecule has 3 unspecified atom stereocenters. The Balaban J connectivity index is 1.87. The molecule has 2 aromatic rings. The first-order valence-electron chi connectivity index (χ1n) is 10.2. The van der Waals surface area contributed by atoms with E-state index in [1.54, 1.807) is 18.9 Å². The summed E-state index contributed by atoms with van der Waals surface area (Å²) in [6.45, 7) is 4.36. The minimum Gasteiger partial charge on any atom is -0.496 e. The Morgan fingerprint density at radius 1 is 1.04 bits per heavy atom. The highest BCUT2D eigenvalue weighted by Gasteiger charge is 2.29. The molecule has 0 bridgehead atoms. The summed E-state index contributed by atoms with van der Waals surface area (Å²) in [5.41, 5.74) is 6.50. The lowest BCUT2D eigenvalue weighted by molar-refractivity contribution is -0.0605. The van der Waals surface area contributed by atoms with E-state index in [-0.39, 0.29) is 17.6 Å². The average Bonchev–Trinajstić information content (AvgIpc) is 2.73. The van der Waals surface area contributed by atoms with Crippen molar-refractivity contribution >= 4 is 11.8 Å². The van der Waals surface area contributed by atoms with Gasteiger partial charge < -0.3 is 14.6 Å². The molecule has 0 aromatic heterocycles. The van der Waals surface area contributed by atoms with E-state index in [1.807, 2.05) is 6.26 Å². The summed E-state index contributed by atoms with van der Waals surface area (Å²) in [6, 6.07) is 13.2. The van der Waals surface area contributed by atoms with Gasteiger partial charge in [0, 0.05) is 12.8 Å². The Morgan fingerprint density at radius 2 is 1.82 bits per heavy atom. The van der Waals surface area contributed by atoms with Crippen LogP contribution in [0.4, 0.5) is 0 Å². The number of ether oxygens (including phenoxy) is 2. The lowest BCUT2D eigenvalue weighted by Crippen LogP contribution is -2.29. The lowest BCUT2D eigenvalue weighted by Gasteiger charge is -2.33. The van der Waals surface area contributed by atoms with Crippen molar-refractivity contribution in [1.82, 2.24) is 0 Å². The molecule has 4 heteroatoms. The van der Waals surface area contributed by atoms with Crippen molar-refractivity contribution in [3.8, 4) is 5.75 Å². The van der Waals surface area contributed by atoms with Gasteiger partial charge in [0.2, 0.25) is 0 Å². The average molecular weight is 401 g/mol. The van der Waals surface area contributed by atoms with Gasteiger partial charge in [0.15, 0.2) is 0 Å². The Bertz CT molecular complexity index is 789. The second-order valence-corrected chi connectivity index (χ2v) is 8.47. The van der Waals surface area contributed by atoms with Crippen molar-refractivity contribution in [2.45, 2.75) is 63.6 Å². The number of thioether (sulfide) groups is 1. The highest BCUT2D eigenvalue weighted by molar-refractivity contribution is 7.99. The van der Waals surface area contributed by atoms with Crippen LogP contribution >= 0.6 is 11.8 Å². The van der Waals surface area contributed by atoms with E-state index in [0.717, 1.165) is 25.0 Å². The van der Waals surface area contributed by atoms with E-state index < -0.39 is 0 Å². The van der Waals surface area contributed by atoms with Gasteiger partial charge >= 0.3 is 0 Å². The van der Waals surface area contributed by atoms with Gasteiger partial charge in [-0.1, -0.05) is 44.2 Å². The quantitative estimate of drug-likeness (QED) is 0.683. The van der Waals surface area contributed by atoms with Gasteiger partial charge in [-0.15, -0.1) is 11.8 Å². The van der Waals surface area contributed by atoms with Gasteiger partial charge in [-0.25, -0.2) is 0 Å². The van der Waals surface area contributed by atoms with E-state index in [9.17, 15) is 5.11 Å². The van der Waals surface area contributed by atoms with Crippen LogP contribution in [-0.2, 0) is 24.0 Å². The highest BCUT2D eigenvalue weighted by atomic mass is 32.2. The Kier molecular flexibility index (Phi) is 7.44. The fourth-order valence-corrected chi connectivity index (χ4v) is 4.68. The molecule has 1 N–H and O–H groups in total. The van der Waals surface area contributed by atoms with Crippen molar-refractivity contribution in [3.05, 3.63) is 64.2 Å². The van der Waals surface area contributed by atoms with Crippen molar-refractivity contribution in [2.24, 2.45) is 0 Å². The molecule has 1 aliphatic rings. The van der Waals surface area contributed by atoms with Crippen molar-refractivity contribution in [1.29, 1.82) is 0 Å². The number of aliphatic hydroxyl groups excluding tert-OH is 1. The first-order chi connectivity index (χ1) is 13.6. The summed E-state index contributed by atoms with van der Waals surface area (Å²) in [6.07, 6.45) is 5.96. The standard InChI is InChI=1S/C24H32O3S/c1-5-17-8-9-19(23-14-21(25)15-24(27-23)28-4)13-20(17)12-16-7-10-22(26-3)18(6-2)11-16/h7-11,13,21,23-25H,5-6,12,14-15H2,1-4H3. The van der Waals surface area contributed by atoms with Crippen LogP contribution < -0.4 is 4.74 Å². The normalized spacial score (nSPS) is 22.2. The number of hydrogen-bond acceptors (Lipinski definition) is 4. The summed E-state index contributed by atoms with van der Waals surface area (Å²) in [5.74, 6) is 0.961. The van der Waals surface area contributed by atoms with E-state index in [1.165, 1.54) is 27.8 Å². The zero-order valence-corrected chi connectivity index (χ0v) is 18.2. The fraction of sp³-hybridized carbons (Fsp3) is 0.500. The first kappa shape index (κ1) is 21.2. The maximum Gasteiger partial charge on any atom is 0.122 e. The monoisotopic (exact) mass is 400 g/mol. The summed E-state index contributed by atoms with van der Waals surface area (Å²) < 4.78 is 11.7. The molecule has 1 heterocycles. The van der Waals surface area contributed by atoms with Crippen molar-refractivity contribution in [3.63, 3.8) is 0 Å². The zero-order valence-electron chi connectivity index (χ0n) is 17.4. The lowest BCUT2D eigenvalue weighted by atomic mass is 9.91. The van der Waals surface area contributed by atoms with Crippen LogP contribution in [0, 0.1) is 0 Å². The second-order valence-electron chi connectivity index (χ2n) is 7.47. The molecule has 28 heavy (non-hydrogen) atoms. The molecule has 1 fully saturated rings. The van der Waals surface area contributed by atoms with Crippen LogP contribution in [0.2, 0.25) is 0 Å². The summed E-state index contributed by atoms with van der Waals surface area (Å²) in [5, 5.41) is 10.2. The predicted octanol–water partition coefficient (Wildman–Crippen LogP) is 5.31. The van der Waals surface area contributed by atoms with Crippen LogP contribution in [0.5, 0.6) is 5.75 Å². The molecule has 152 valence electrons. The molecular weight excluding hydrogens is 368 g/mol. The number of hydrogen-bond donors (Lipinski definition) is 1. The van der Waals surface area contributed by atoms with Crippen LogP contribution in [0.25, 0.3) is 0 Å². The van der Waals surface area contributed by atoms with E-state index >= 15 is 0 Å². The number of methoxy groups -OCH3 is 1. The van der Waals surface area contributed by atoms with Gasteiger partial charge in [0.1, 0.15) is 11.2 Å². The minimum atomic E-state index is -0.292. The third-order valence-corrected chi connectivity index (χ3v) is 6.46. The first-order valence-corrected chi connectivity index (χ1v) is 11.5. The summed E-state index contributed by atoms with van der Waals surface area (Å²) in [4.78, 5) is 0. The van der Waals surface area contributed by atoms with E-state index in [0.29, 0.717) is 12.8 Å². The molecule has 0 amide bonds. The third-order valence-electron chi connectivity index (χ3n) is 5.63. The molecule has 1 saturated heterocycles. The van der Waals surface area contributed by atoms with Crippen LogP contribution in [0.3, 0.4) is 0 Å². The molecule has 2 aromatic carbocycles. The molecule has 0 radical (unpaired) electrons. The summed E-state index contributed by atoms with van der Waals surface area (Å²) >= 11 is 1.68. The molecule has 3 atom stereocenters. The Morgan fingerprint density at radius 3 is 2.50 bits per heavy atom. The predicted molar refractivity (Wildman–Crippen MR) is 117 cm³/mol. The fourth-order valence-electron chi connectivity index (χ4n) is 4.02. The zero-order chi connectivity index (χ0) is 20.1. The number of benzene rings is 2. The molecule has 3 rings (SSSR count). The van der Waals surface area contributed by atoms with Crippen LogP contribution in [0.15, 0.2) is 36.4 Å². The van der Waals surface area contributed by atoms with Crippen molar-refractivity contribution in [2.75, 3.05) is 13.4 Å². The van der Waals surface area contributed by atoms with E-state index in [2.05, 4.69) is 50.2 Å². The second kappa shape index (κ2) is 9.82. The highest BCUT2D eigenvalue weighted by Crippen LogP contribution is 2.36. The minimum absolute atomic E-state index is 0.0343. The van der Waals surface area contributed by atoms with Gasteiger partial charge in [-0.05, 0) is 59.4 Å². The Hall–Kier alpha value is -1.49. The maximum atomic E-state index is 10.2. The van der Waals surface area contributed by atoms with Crippen LogP contribution in [-0.4, -0.2) is 30.0 Å². The summed E-state index contributed by atoms with van der Waals surface area (Å²) in [7, 11) is 1.73. The third kappa shape index (κ3) is 4.91.